The molecule has 4 nitrogen and oxygen atoms in total. The molecule has 108 valence electrons. The summed E-state index contributed by atoms with van der Waals surface area (Å²) in [4.78, 5) is 5.53. The van der Waals surface area contributed by atoms with E-state index in [-0.39, 0.29) is 6.54 Å². The first-order valence-electron chi connectivity index (χ1n) is 6.39. The van der Waals surface area contributed by atoms with Gasteiger partial charge < -0.3 is 16.2 Å². The summed E-state index contributed by atoms with van der Waals surface area (Å²) in [5, 5.41) is 19.3. The van der Waals surface area contributed by atoms with Gasteiger partial charge in [0.05, 0.1) is 6.54 Å². The molecule has 0 spiro atoms. The van der Waals surface area contributed by atoms with E-state index >= 15 is 0 Å². The highest BCUT2D eigenvalue weighted by atomic mass is 32.1. The number of hydrogen-bond donors (Lipinski definition) is 3. The SMILES string of the molecule is CC(O)(CN=C(N)NCCc1cccs1)c1ccsc1. The van der Waals surface area contributed by atoms with Crippen LogP contribution in [0.25, 0.3) is 0 Å². The second-order valence-corrected chi connectivity index (χ2v) is 6.56. The topological polar surface area (TPSA) is 70.6 Å². The van der Waals surface area contributed by atoms with Gasteiger partial charge in [-0.1, -0.05) is 6.07 Å². The van der Waals surface area contributed by atoms with Crippen molar-refractivity contribution >= 4 is 28.6 Å². The molecule has 0 aliphatic carbocycles. The number of nitrogens with one attached hydrogen (secondary N) is 1. The van der Waals surface area contributed by atoms with Gasteiger partial charge in [-0.15, -0.1) is 11.3 Å². The number of thiophene rings is 2. The number of aliphatic hydroxyl groups is 1. The summed E-state index contributed by atoms with van der Waals surface area (Å²) in [5.74, 6) is 0.372. The van der Waals surface area contributed by atoms with Gasteiger partial charge in [0, 0.05) is 11.4 Å². The van der Waals surface area contributed by atoms with Gasteiger partial charge in [-0.3, -0.25) is 4.99 Å². The molecule has 20 heavy (non-hydrogen) atoms. The van der Waals surface area contributed by atoms with Gasteiger partial charge >= 0.3 is 0 Å². The van der Waals surface area contributed by atoms with E-state index in [0.29, 0.717) is 5.96 Å². The number of nitrogens with zero attached hydrogens (tertiary/aromatic N) is 1. The van der Waals surface area contributed by atoms with Crippen LogP contribution in [0.2, 0.25) is 0 Å². The summed E-state index contributed by atoms with van der Waals surface area (Å²) < 4.78 is 0. The van der Waals surface area contributed by atoms with Gasteiger partial charge in [0.1, 0.15) is 5.60 Å². The largest absolute Gasteiger partial charge is 0.383 e. The van der Waals surface area contributed by atoms with Crippen molar-refractivity contribution in [3.63, 3.8) is 0 Å². The first-order valence-corrected chi connectivity index (χ1v) is 8.21. The van der Waals surface area contributed by atoms with E-state index in [1.807, 2.05) is 22.9 Å². The fourth-order valence-corrected chi connectivity index (χ4v) is 3.22. The smallest absolute Gasteiger partial charge is 0.188 e. The lowest BCUT2D eigenvalue weighted by Gasteiger charge is -2.20. The third kappa shape index (κ3) is 4.33. The van der Waals surface area contributed by atoms with Crippen LogP contribution in [0.4, 0.5) is 0 Å². The van der Waals surface area contributed by atoms with Crippen molar-refractivity contribution < 1.29 is 5.11 Å². The van der Waals surface area contributed by atoms with Gasteiger partial charge in [0.2, 0.25) is 0 Å². The molecular weight excluding hydrogens is 290 g/mol. The van der Waals surface area contributed by atoms with Crippen LogP contribution < -0.4 is 11.1 Å². The quantitative estimate of drug-likeness (QED) is 0.566. The molecular formula is C14H19N3OS2. The van der Waals surface area contributed by atoms with E-state index < -0.39 is 5.60 Å². The maximum Gasteiger partial charge on any atom is 0.188 e. The highest BCUT2D eigenvalue weighted by Crippen LogP contribution is 2.23. The summed E-state index contributed by atoms with van der Waals surface area (Å²) in [7, 11) is 0. The summed E-state index contributed by atoms with van der Waals surface area (Å²) in [6.07, 6.45) is 0.925. The summed E-state index contributed by atoms with van der Waals surface area (Å²) in [6.45, 7) is 2.75. The molecule has 0 aliphatic heterocycles. The molecule has 2 heterocycles. The zero-order chi connectivity index (χ0) is 14.4. The van der Waals surface area contributed by atoms with Gasteiger partial charge in [-0.2, -0.15) is 11.3 Å². The Morgan fingerprint density at radius 3 is 2.95 bits per heavy atom. The van der Waals surface area contributed by atoms with Gasteiger partial charge in [-0.05, 0) is 47.2 Å². The number of aliphatic imine (C=N–C) groups is 1. The van der Waals surface area contributed by atoms with Crippen molar-refractivity contribution in [2.45, 2.75) is 18.9 Å². The molecule has 0 saturated heterocycles. The molecule has 2 aromatic rings. The van der Waals surface area contributed by atoms with Gasteiger partial charge in [0.25, 0.3) is 0 Å². The first kappa shape index (κ1) is 15.0. The average molecular weight is 309 g/mol. The van der Waals surface area contributed by atoms with Crippen LogP contribution in [0.15, 0.2) is 39.3 Å². The Morgan fingerprint density at radius 2 is 2.30 bits per heavy atom. The van der Waals surface area contributed by atoms with E-state index in [1.165, 1.54) is 4.88 Å². The zero-order valence-corrected chi connectivity index (χ0v) is 13.0. The maximum absolute atomic E-state index is 10.3. The van der Waals surface area contributed by atoms with E-state index in [9.17, 15) is 5.11 Å². The Labute approximate surface area is 127 Å². The molecule has 1 unspecified atom stereocenters. The highest BCUT2D eigenvalue weighted by Gasteiger charge is 2.22. The van der Waals surface area contributed by atoms with Crippen LogP contribution in [-0.2, 0) is 12.0 Å². The van der Waals surface area contributed by atoms with E-state index in [1.54, 1.807) is 29.6 Å². The van der Waals surface area contributed by atoms with Crippen LogP contribution in [0.3, 0.4) is 0 Å². The highest BCUT2D eigenvalue weighted by molar-refractivity contribution is 7.09. The predicted octanol–water partition coefficient (Wildman–Crippen LogP) is 2.16. The van der Waals surface area contributed by atoms with Crippen LogP contribution in [0, 0.1) is 0 Å². The lowest BCUT2D eigenvalue weighted by Crippen LogP contribution is -2.35. The molecule has 0 fully saturated rings. The molecule has 0 aromatic carbocycles. The molecule has 2 rings (SSSR count). The lowest BCUT2D eigenvalue weighted by molar-refractivity contribution is 0.0678. The van der Waals surface area contributed by atoms with Gasteiger partial charge in [-0.25, -0.2) is 0 Å². The Morgan fingerprint density at radius 1 is 1.45 bits per heavy atom. The third-order valence-corrected chi connectivity index (χ3v) is 4.58. The van der Waals surface area contributed by atoms with E-state index in [4.69, 9.17) is 5.73 Å². The minimum Gasteiger partial charge on any atom is -0.383 e. The standard InChI is InChI=1S/C14H19N3OS2/c1-14(18,11-5-8-19-9-11)10-17-13(15)16-6-4-12-3-2-7-20-12/h2-3,5,7-9,18H,4,6,10H2,1H3,(H3,15,16,17). The molecule has 1 atom stereocenters. The average Bonchev–Trinajstić information content (AvgIpc) is 3.09. The molecule has 0 radical (unpaired) electrons. The molecule has 0 amide bonds. The molecule has 0 aliphatic rings. The molecule has 6 heteroatoms. The van der Waals surface area contributed by atoms with Crippen molar-refractivity contribution in [1.82, 2.24) is 5.32 Å². The van der Waals surface area contributed by atoms with E-state index in [2.05, 4.69) is 21.8 Å². The first-order chi connectivity index (χ1) is 9.58. The number of guanidine groups is 1. The summed E-state index contributed by atoms with van der Waals surface area (Å²) >= 11 is 3.29. The number of nitrogens with two attached hydrogens (primary N) is 1. The Balaban J connectivity index is 1.78. The Bertz CT molecular complexity index is 533. The predicted molar refractivity (Wildman–Crippen MR) is 86.4 cm³/mol. The van der Waals surface area contributed by atoms with Crippen LogP contribution >= 0.6 is 22.7 Å². The summed E-state index contributed by atoms with van der Waals surface area (Å²) in [5.41, 5.74) is 5.71. The normalized spacial score (nSPS) is 15.0. The fourth-order valence-electron chi connectivity index (χ4n) is 1.73. The van der Waals surface area contributed by atoms with Crippen LogP contribution in [0.1, 0.15) is 17.4 Å². The zero-order valence-electron chi connectivity index (χ0n) is 11.4. The minimum atomic E-state index is -0.972. The molecule has 0 bridgehead atoms. The minimum absolute atomic E-state index is 0.252. The van der Waals surface area contributed by atoms with Crippen molar-refractivity contribution in [3.05, 3.63) is 44.8 Å². The van der Waals surface area contributed by atoms with Crippen molar-refractivity contribution in [3.8, 4) is 0 Å². The van der Waals surface area contributed by atoms with Crippen molar-refractivity contribution in [1.29, 1.82) is 0 Å². The van der Waals surface area contributed by atoms with E-state index in [0.717, 1.165) is 18.5 Å². The lowest BCUT2D eigenvalue weighted by atomic mass is 10.00. The second kappa shape index (κ2) is 6.88. The van der Waals surface area contributed by atoms with Crippen LogP contribution in [0.5, 0.6) is 0 Å². The third-order valence-electron chi connectivity index (χ3n) is 2.96. The molecule has 4 N–H and O–H groups in total. The monoisotopic (exact) mass is 309 g/mol. The summed E-state index contributed by atoms with van der Waals surface area (Å²) in [6, 6.07) is 6.04. The maximum atomic E-state index is 10.3. The number of hydrogen-bond acceptors (Lipinski definition) is 4. The Hall–Kier alpha value is -1.37. The fraction of sp³-hybridized carbons (Fsp3) is 0.357. The second-order valence-electron chi connectivity index (χ2n) is 4.74. The van der Waals surface area contributed by atoms with Crippen LogP contribution in [-0.4, -0.2) is 24.2 Å². The Kier molecular flexibility index (Phi) is 5.17. The molecule has 2 aromatic heterocycles. The molecule has 0 saturated carbocycles. The van der Waals surface area contributed by atoms with Crippen molar-refractivity contribution in [2.24, 2.45) is 10.7 Å². The van der Waals surface area contributed by atoms with Crippen molar-refractivity contribution in [2.75, 3.05) is 13.1 Å². The van der Waals surface area contributed by atoms with Gasteiger partial charge in [0.15, 0.2) is 5.96 Å². The number of rotatable bonds is 6.